The number of carboxylic acids is 1. The van der Waals surface area contributed by atoms with Crippen LogP contribution in [0.3, 0.4) is 0 Å². The van der Waals surface area contributed by atoms with E-state index in [9.17, 15) is 4.79 Å². The summed E-state index contributed by atoms with van der Waals surface area (Å²) in [5.74, 6) is -1.08. The smallest absolute Gasteiger partial charge is 0.306 e. The molecule has 0 spiro atoms. The van der Waals surface area contributed by atoms with Crippen molar-refractivity contribution in [2.75, 3.05) is 0 Å². The number of nitrogens with zero attached hydrogens (tertiary/aromatic N) is 1. The summed E-state index contributed by atoms with van der Waals surface area (Å²) in [6, 6.07) is 1.95. The van der Waals surface area contributed by atoms with Crippen LogP contribution in [0.4, 0.5) is 0 Å². The van der Waals surface area contributed by atoms with Gasteiger partial charge < -0.3 is 10.1 Å². The summed E-state index contributed by atoms with van der Waals surface area (Å²) in [6.45, 7) is 1.89. The molecule has 0 aromatic carbocycles. The zero-order valence-electron chi connectivity index (χ0n) is 9.51. The lowest BCUT2D eigenvalue weighted by Gasteiger charge is -2.06. The molecule has 0 radical (unpaired) electrons. The zero-order chi connectivity index (χ0) is 12.3. The van der Waals surface area contributed by atoms with Crippen molar-refractivity contribution in [2.45, 2.75) is 19.8 Å². The van der Waals surface area contributed by atoms with Crippen LogP contribution in [-0.2, 0) is 11.2 Å². The first-order valence-electron chi connectivity index (χ1n) is 5.51. The molecule has 4 nitrogen and oxygen atoms in total. The Hall–Kier alpha value is -1.62. The molecule has 0 amide bonds. The Kier molecular flexibility index (Phi) is 3.58. The molecule has 0 saturated heterocycles. The van der Waals surface area contributed by atoms with E-state index in [-0.39, 0.29) is 5.92 Å². The van der Waals surface area contributed by atoms with Crippen LogP contribution in [0.25, 0.3) is 11.3 Å². The van der Waals surface area contributed by atoms with E-state index < -0.39 is 5.97 Å². The van der Waals surface area contributed by atoms with E-state index in [2.05, 4.69) is 9.97 Å². The molecule has 2 heterocycles. The number of carbonyl (C=O) groups is 1. The molecule has 0 aliphatic rings. The lowest BCUT2D eigenvalue weighted by Crippen LogP contribution is -2.15. The Morgan fingerprint density at radius 2 is 2.47 bits per heavy atom. The number of carboxylic acid groups (broad SMARTS) is 1. The molecule has 2 aromatic rings. The Balaban J connectivity index is 2.11. The first kappa shape index (κ1) is 11.9. The second-order valence-electron chi connectivity index (χ2n) is 3.87. The molecule has 0 bridgehead atoms. The number of hydrogen-bond acceptors (Lipinski definition) is 3. The van der Waals surface area contributed by atoms with Gasteiger partial charge in [-0.25, -0.2) is 4.98 Å². The van der Waals surface area contributed by atoms with Crippen molar-refractivity contribution in [3.63, 3.8) is 0 Å². The normalized spacial score (nSPS) is 12.5. The van der Waals surface area contributed by atoms with Gasteiger partial charge in [0, 0.05) is 29.8 Å². The number of aromatic nitrogens is 2. The summed E-state index contributed by atoms with van der Waals surface area (Å²) >= 11 is 1.52. The van der Waals surface area contributed by atoms with Gasteiger partial charge in [0.15, 0.2) is 0 Å². The minimum Gasteiger partial charge on any atom is -0.481 e. The molecule has 17 heavy (non-hydrogen) atoms. The molecular weight excluding hydrogens is 236 g/mol. The van der Waals surface area contributed by atoms with Crippen molar-refractivity contribution in [3.8, 4) is 11.3 Å². The summed E-state index contributed by atoms with van der Waals surface area (Å²) < 4.78 is 0. The van der Waals surface area contributed by atoms with E-state index in [0.717, 1.165) is 16.3 Å². The fourth-order valence-electron chi connectivity index (χ4n) is 1.64. The fourth-order valence-corrected chi connectivity index (χ4v) is 2.52. The second-order valence-corrected chi connectivity index (χ2v) is 4.82. The van der Waals surface area contributed by atoms with Crippen LogP contribution in [0.1, 0.15) is 18.4 Å². The highest BCUT2D eigenvalue weighted by atomic mass is 32.1. The standard InChI is InChI=1S/C12H14N2O2S/c1-2-8(12(15)16)5-11-14-10(7-17-11)9-3-4-13-6-9/h3-4,6-8,13H,2,5H2,1H3,(H,15,16). The van der Waals surface area contributed by atoms with E-state index in [1.807, 2.05) is 30.8 Å². The third kappa shape index (κ3) is 2.74. The van der Waals surface area contributed by atoms with Gasteiger partial charge in [0.25, 0.3) is 0 Å². The van der Waals surface area contributed by atoms with E-state index in [4.69, 9.17) is 5.11 Å². The average molecular weight is 250 g/mol. The van der Waals surface area contributed by atoms with Gasteiger partial charge in [0.1, 0.15) is 0 Å². The van der Waals surface area contributed by atoms with Crippen LogP contribution < -0.4 is 0 Å². The maximum atomic E-state index is 10.9. The predicted octanol–water partition coefficient (Wildman–Crippen LogP) is 2.79. The van der Waals surface area contributed by atoms with Crippen molar-refractivity contribution in [3.05, 3.63) is 28.8 Å². The van der Waals surface area contributed by atoms with Gasteiger partial charge in [-0.05, 0) is 12.5 Å². The molecule has 2 rings (SSSR count). The van der Waals surface area contributed by atoms with Gasteiger partial charge in [-0.15, -0.1) is 11.3 Å². The van der Waals surface area contributed by atoms with Crippen molar-refractivity contribution in [2.24, 2.45) is 5.92 Å². The van der Waals surface area contributed by atoms with Gasteiger partial charge in [0.2, 0.25) is 0 Å². The minimum absolute atomic E-state index is 0.333. The van der Waals surface area contributed by atoms with Crippen LogP contribution in [0.5, 0.6) is 0 Å². The van der Waals surface area contributed by atoms with Crippen molar-refractivity contribution in [1.29, 1.82) is 0 Å². The number of rotatable bonds is 5. The second kappa shape index (κ2) is 5.14. The Morgan fingerprint density at radius 1 is 1.65 bits per heavy atom. The molecule has 1 unspecified atom stereocenters. The van der Waals surface area contributed by atoms with E-state index in [0.29, 0.717) is 12.8 Å². The van der Waals surface area contributed by atoms with Crippen molar-refractivity contribution < 1.29 is 9.90 Å². The largest absolute Gasteiger partial charge is 0.481 e. The number of aromatic amines is 1. The summed E-state index contributed by atoms with van der Waals surface area (Å²) in [4.78, 5) is 18.4. The van der Waals surface area contributed by atoms with E-state index in [1.165, 1.54) is 11.3 Å². The molecule has 1 atom stereocenters. The van der Waals surface area contributed by atoms with Gasteiger partial charge in [-0.1, -0.05) is 6.92 Å². The lowest BCUT2D eigenvalue weighted by molar-refractivity contribution is -0.141. The van der Waals surface area contributed by atoms with Gasteiger partial charge in [0.05, 0.1) is 16.6 Å². The van der Waals surface area contributed by atoms with E-state index in [1.54, 1.807) is 0 Å². The molecule has 0 saturated carbocycles. The molecule has 0 aliphatic heterocycles. The quantitative estimate of drug-likeness (QED) is 0.857. The highest BCUT2D eigenvalue weighted by molar-refractivity contribution is 7.09. The number of H-pyrrole nitrogens is 1. The Labute approximate surface area is 103 Å². The van der Waals surface area contributed by atoms with Crippen LogP contribution >= 0.6 is 11.3 Å². The molecule has 5 heteroatoms. The predicted molar refractivity (Wildman–Crippen MR) is 67.0 cm³/mol. The highest BCUT2D eigenvalue weighted by Crippen LogP contribution is 2.23. The van der Waals surface area contributed by atoms with Gasteiger partial charge >= 0.3 is 5.97 Å². The molecule has 2 aromatic heterocycles. The third-order valence-electron chi connectivity index (χ3n) is 2.71. The Morgan fingerprint density at radius 3 is 3.06 bits per heavy atom. The molecule has 0 fully saturated rings. The monoisotopic (exact) mass is 250 g/mol. The van der Waals surface area contributed by atoms with Gasteiger partial charge in [-0.3, -0.25) is 4.79 Å². The highest BCUT2D eigenvalue weighted by Gasteiger charge is 2.17. The van der Waals surface area contributed by atoms with Gasteiger partial charge in [-0.2, -0.15) is 0 Å². The number of hydrogen-bond donors (Lipinski definition) is 2. The molecule has 0 aliphatic carbocycles. The number of aliphatic carboxylic acids is 1. The zero-order valence-corrected chi connectivity index (χ0v) is 10.3. The van der Waals surface area contributed by atoms with Crippen LogP contribution in [0.15, 0.2) is 23.8 Å². The third-order valence-corrected chi connectivity index (χ3v) is 3.58. The first-order valence-corrected chi connectivity index (χ1v) is 6.39. The molecule has 2 N–H and O–H groups in total. The summed E-state index contributed by atoms with van der Waals surface area (Å²) in [5.41, 5.74) is 1.95. The summed E-state index contributed by atoms with van der Waals surface area (Å²) in [5, 5.41) is 11.8. The van der Waals surface area contributed by atoms with Crippen LogP contribution in [-0.4, -0.2) is 21.0 Å². The van der Waals surface area contributed by atoms with E-state index >= 15 is 0 Å². The number of nitrogens with one attached hydrogen (secondary N) is 1. The number of thiazole rings is 1. The topological polar surface area (TPSA) is 66.0 Å². The van der Waals surface area contributed by atoms with Crippen molar-refractivity contribution >= 4 is 17.3 Å². The van der Waals surface area contributed by atoms with Crippen molar-refractivity contribution in [1.82, 2.24) is 9.97 Å². The first-order chi connectivity index (χ1) is 8.20. The summed E-state index contributed by atoms with van der Waals surface area (Å²) in [6.07, 6.45) is 4.88. The SMILES string of the molecule is CCC(Cc1nc(-c2cc[nH]c2)cs1)C(=O)O. The van der Waals surface area contributed by atoms with Crippen LogP contribution in [0, 0.1) is 5.92 Å². The molecule has 90 valence electrons. The molecular formula is C12H14N2O2S. The van der Waals surface area contributed by atoms with Crippen LogP contribution in [0.2, 0.25) is 0 Å². The Bertz CT molecular complexity index is 490. The maximum absolute atomic E-state index is 10.9. The summed E-state index contributed by atoms with van der Waals surface area (Å²) in [7, 11) is 0. The maximum Gasteiger partial charge on any atom is 0.306 e. The fraction of sp³-hybridized carbons (Fsp3) is 0.333. The lowest BCUT2D eigenvalue weighted by atomic mass is 10.0. The average Bonchev–Trinajstić information content (AvgIpc) is 2.95. The minimum atomic E-state index is -0.745.